The van der Waals surface area contributed by atoms with Crippen molar-refractivity contribution in [2.45, 2.75) is 37.6 Å². The van der Waals surface area contributed by atoms with Gasteiger partial charge in [0.25, 0.3) is 0 Å². The molecule has 2 aliphatic rings. The van der Waals surface area contributed by atoms with Gasteiger partial charge >= 0.3 is 6.09 Å². The minimum atomic E-state index is -0.496. The normalized spacial score (nSPS) is 17.5. The first kappa shape index (κ1) is 12.4. The fourth-order valence-corrected chi connectivity index (χ4v) is 2.49. The van der Waals surface area contributed by atoms with Crippen molar-refractivity contribution in [2.75, 3.05) is 5.32 Å². The molecule has 21 heavy (non-hydrogen) atoms. The van der Waals surface area contributed by atoms with Crippen LogP contribution in [0, 0.1) is 0 Å². The lowest BCUT2D eigenvalue weighted by Gasteiger charge is -2.04. The molecule has 0 radical (unpaired) electrons. The number of rotatable bonds is 4. The van der Waals surface area contributed by atoms with Gasteiger partial charge in [-0.05, 0) is 37.8 Å². The monoisotopic (exact) mass is 283 g/mol. The van der Waals surface area contributed by atoms with Gasteiger partial charge in [-0.25, -0.2) is 4.79 Å². The number of aromatic nitrogens is 2. The predicted molar refractivity (Wildman–Crippen MR) is 78.6 cm³/mol. The Morgan fingerprint density at radius 3 is 2.62 bits per heavy atom. The number of nitrogens with zero attached hydrogens (tertiary/aromatic N) is 2. The number of hydrogen-bond donors (Lipinski definition) is 1. The van der Waals surface area contributed by atoms with Crippen LogP contribution in [0.4, 0.5) is 10.6 Å². The van der Waals surface area contributed by atoms with Crippen LogP contribution in [-0.4, -0.2) is 15.9 Å². The van der Waals surface area contributed by atoms with Gasteiger partial charge < -0.3 is 4.74 Å². The maximum atomic E-state index is 11.9. The number of carbonyl (C=O) groups excluding carboxylic acids is 1. The van der Waals surface area contributed by atoms with Crippen molar-refractivity contribution in [2.24, 2.45) is 0 Å². The van der Waals surface area contributed by atoms with Crippen LogP contribution in [0.5, 0.6) is 5.75 Å². The summed E-state index contributed by atoms with van der Waals surface area (Å²) in [6.07, 6.45) is 4.34. The SMILES string of the molecule is O=C(Nc1cc(C2CC2)n(C2CC2)n1)Oc1ccccc1. The lowest BCUT2D eigenvalue weighted by Crippen LogP contribution is -2.17. The number of benzene rings is 1. The summed E-state index contributed by atoms with van der Waals surface area (Å²) < 4.78 is 7.31. The Kier molecular flexibility index (Phi) is 2.91. The number of amides is 1. The molecule has 0 saturated heterocycles. The molecule has 1 amide bonds. The zero-order valence-corrected chi connectivity index (χ0v) is 11.7. The summed E-state index contributed by atoms with van der Waals surface area (Å²) in [4.78, 5) is 11.9. The van der Waals surface area contributed by atoms with Gasteiger partial charge in [0.15, 0.2) is 5.82 Å². The molecule has 0 atom stereocenters. The molecule has 108 valence electrons. The van der Waals surface area contributed by atoms with Gasteiger partial charge in [-0.2, -0.15) is 5.10 Å². The third-order valence-corrected chi connectivity index (χ3v) is 3.84. The van der Waals surface area contributed by atoms with Crippen molar-refractivity contribution >= 4 is 11.9 Å². The van der Waals surface area contributed by atoms with E-state index in [1.807, 2.05) is 24.3 Å². The van der Waals surface area contributed by atoms with Gasteiger partial charge in [-0.3, -0.25) is 10.00 Å². The molecule has 2 aliphatic carbocycles. The second kappa shape index (κ2) is 4.91. The molecule has 2 fully saturated rings. The number of nitrogens with one attached hydrogen (secondary N) is 1. The van der Waals surface area contributed by atoms with Gasteiger partial charge in [0.05, 0.1) is 6.04 Å². The topological polar surface area (TPSA) is 56.2 Å². The van der Waals surface area contributed by atoms with Crippen molar-refractivity contribution in [1.29, 1.82) is 0 Å². The zero-order valence-electron chi connectivity index (χ0n) is 11.7. The summed E-state index contributed by atoms with van der Waals surface area (Å²) in [5, 5.41) is 7.24. The second-order valence-electron chi connectivity index (χ2n) is 5.73. The van der Waals surface area contributed by atoms with E-state index in [-0.39, 0.29) is 0 Å². The lowest BCUT2D eigenvalue weighted by atomic mass is 10.3. The van der Waals surface area contributed by atoms with Gasteiger partial charge in [0, 0.05) is 17.7 Å². The molecule has 1 aromatic heterocycles. The van der Waals surface area contributed by atoms with E-state index in [1.54, 1.807) is 12.1 Å². The molecule has 5 heteroatoms. The van der Waals surface area contributed by atoms with E-state index in [0.717, 1.165) is 0 Å². The van der Waals surface area contributed by atoms with Crippen molar-refractivity contribution in [3.05, 3.63) is 42.1 Å². The minimum absolute atomic E-state index is 0.496. The summed E-state index contributed by atoms with van der Waals surface area (Å²) in [5.41, 5.74) is 1.26. The minimum Gasteiger partial charge on any atom is -0.410 e. The van der Waals surface area contributed by atoms with Gasteiger partial charge in [0.1, 0.15) is 5.75 Å². The molecule has 1 heterocycles. The van der Waals surface area contributed by atoms with Crippen molar-refractivity contribution < 1.29 is 9.53 Å². The fourth-order valence-electron chi connectivity index (χ4n) is 2.49. The zero-order chi connectivity index (χ0) is 14.2. The van der Waals surface area contributed by atoms with Crippen molar-refractivity contribution in [1.82, 2.24) is 9.78 Å². The van der Waals surface area contributed by atoms with Crippen LogP contribution >= 0.6 is 0 Å². The van der Waals surface area contributed by atoms with E-state index in [2.05, 4.69) is 15.1 Å². The largest absolute Gasteiger partial charge is 0.418 e. The molecular formula is C16H17N3O2. The summed E-state index contributed by atoms with van der Waals surface area (Å²) >= 11 is 0. The third kappa shape index (κ3) is 2.77. The Bertz CT molecular complexity index is 628. The summed E-state index contributed by atoms with van der Waals surface area (Å²) in [6, 6.07) is 11.6. The van der Waals surface area contributed by atoms with Crippen LogP contribution in [0.3, 0.4) is 0 Å². The van der Waals surface area contributed by atoms with Crippen LogP contribution in [-0.2, 0) is 0 Å². The van der Waals surface area contributed by atoms with Gasteiger partial charge in [-0.1, -0.05) is 18.2 Å². The molecule has 2 saturated carbocycles. The van der Waals surface area contributed by atoms with Crippen LogP contribution < -0.4 is 10.1 Å². The van der Waals surface area contributed by atoms with Crippen molar-refractivity contribution in [3.63, 3.8) is 0 Å². The highest BCUT2D eigenvalue weighted by atomic mass is 16.6. The maximum absolute atomic E-state index is 11.9. The first-order chi connectivity index (χ1) is 10.3. The molecule has 0 aliphatic heterocycles. The number of anilines is 1. The smallest absolute Gasteiger partial charge is 0.410 e. The van der Waals surface area contributed by atoms with E-state index in [4.69, 9.17) is 4.74 Å². The Hall–Kier alpha value is -2.30. The molecule has 1 N–H and O–H groups in total. The predicted octanol–water partition coefficient (Wildman–Crippen LogP) is 3.71. The highest BCUT2D eigenvalue weighted by Crippen LogP contribution is 2.45. The maximum Gasteiger partial charge on any atom is 0.418 e. The fraction of sp³-hybridized carbons (Fsp3) is 0.375. The molecule has 0 unspecified atom stereocenters. The van der Waals surface area contributed by atoms with Crippen LogP contribution in [0.2, 0.25) is 0 Å². The highest BCUT2D eigenvalue weighted by molar-refractivity contribution is 5.85. The third-order valence-electron chi connectivity index (χ3n) is 3.84. The average molecular weight is 283 g/mol. The van der Waals surface area contributed by atoms with Crippen LogP contribution in [0.25, 0.3) is 0 Å². The van der Waals surface area contributed by atoms with E-state index >= 15 is 0 Å². The molecule has 1 aromatic carbocycles. The number of hydrogen-bond acceptors (Lipinski definition) is 3. The summed E-state index contributed by atoms with van der Waals surface area (Å²) in [5.74, 6) is 1.74. The van der Waals surface area contributed by atoms with E-state index in [1.165, 1.54) is 31.4 Å². The van der Waals surface area contributed by atoms with Crippen molar-refractivity contribution in [3.8, 4) is 5.75 Å². The highest BCUT2D eigenvalue weighted by Gasteiger charge is 2.34. The van der Waals surface area contributed by atoms with Crippen LogP contribution in [0.15, 0.2) is 36.4 Å². The van der Waals surface area contributed by atoms with E-state index in [0.29, 0.717) is 23.5 Å². The Labute approximate surface area is 122 Å². The molecule has 0 spiro atoms. The molecule has 0 bridgehead atoms. The number of para-hydroxylation sites is 1. The van der Waals surface area contributed by atoms with Gasteiger partial charge in [-0.15, -0.1) is 0 Å². The molecule has 5 nitrogen and oxygen atoms in total. The number of ether oxygens (including phenoxy) is 1. The lowest BCUT2D eigenvalue weighted by molar-refractivity contribution is 0.215. The summed E-state index contributed by atoms with van der Waals surface area (Å²) in [7, 11) is 0. The Morgan fingerprint density at radius 2 is 1.95 bits per heavy atom. The first-order valence-electron chi connectivity index (χ1n) is 7.43. The van der Waals surface area contributed by atoms with E-state index < -0.39 is 6.09 Å². The second-order valence-corrected chi connectivity index (χ2v) is 5.73. The Morgan fingerprint density at radius 1 is 1.19 bits per heavy atom. The van der Waals surface area contributed by atoms with E-state index in [9.17, 15) is 4.79 Å². The quantitative estimate of drug-likeness (QED) is 0.930. The average Bonchev–Trinajstić information content (AvgIpc) is 3.39. The van der Waals surface area contributed by atoms with Gasteiger partial charge in [0.2, 0.25) is 0 Å². The number of carbonyl (C=O) groups is 1. The summed E-state index contributed by atoms with van der Waals surface area (Å²) in [6.45, 7) is 0. The Balaban J connectivity index is 1.46. The first-order valence-corrected chi connectivity index (χ1v) is 7.43. The molecule has 4 rings (SSSR count). The standard InChI is InChI=1S/C16H17N3O2/c20-16(21-13-4-2-1-3-5-13)17-15-10-14(11-6-7-11)19(18-15)12-8-9-12/h1-5,10-12H,6-9H2,(H,17,18,20). The molecule has 2 aromatic rings. The van der Waals surface area contributed by atoms with Crippen LogP contribution in [0.1, 0.15) is 43.3 Å². The molecular weight excluding hydrogens is 266 g/mol.